The lowest BCUT2D eigenvalue weighted by Gasteiger charge is -2.41. The Hall–Kier alpha value is -1.04. The van der Waals surface area contributed by atoms with Crippen molar-refractivity contribution >= 4 is 0 Å². The quantitative estimate of drug-likeness (QED) is 0.877. The fourth-order valence-corrected chi connectivity index (χ4v) is 3.40. The van der Waals surface area contributed by atoms with Crippen molar-refractivity contribution in [2.75, 3.05) is 13.1 Å². The third kappa shape index (κ3) is 2.70. The molecule has 1 saturated heterocycles. The predicted molar refractivity (Wildman–Crippen MR) is 74.3 cm³/mol. The van der Waals surface area contributed by atoms with Crippen molar-refractivity contribution < 1.29 is 13.2 Å². The van der Waals surface area contributed by atoms with Crippen LogP contribution in [-0.2, 0) is 11.8 Å². The Morgan fingerprint density at radius 1 is 1.33 bits per heavy atom. The van der Waals surface area contributed by atoms with Crippen molar-refractivity contribution in [1.29, 1.82) is 0 Å². The molecule has 0 aromatic carbocycles. The van der Waals surface area contributed by atoms with Gasteiger partial charge in [-0.05, 0) is 30.6 Å². The molecule has 2 fully saturated rings. The first kappa shape index (κ1) is 14.9. The summed E-state index contributed by atoms with van der Waals surface area (Å²) in [5.74, 6) is -1.78. The van der Waals surface area contributed by atoms with Gasteiger partial charge in [-0.1, -0.05) is 13.8 Å². The van der Waals surface area contributed by atoms with Gasteiger partial charge in [0, 0.05) is 26.4 Å². The van der Waals surface area contributed by atoms with Crippen molar-refractivity contribution in [3.05, 3.63) is 11.8 Å². The molecule has 1 aromatic heterocycles. The maximum Gasteiger partial charge on any atom is 0.259 e. The molecule has 1 atom stereocenters. The molecule has 118 valence electrons. The molecule has 1 saturated carbocycles. The second-order valence-corrected chi connectivity index (χ2v) is 7.40. The molecule has 0 amide bonds. The van der Waals surface area contributed by atoms with E-state index >= 15 is 0 Å². The van der Waals surface area contributed by atoms with Crippen LogP contribution in [0, 0.1) is 11.3 Å². The number of halogens is 2. The van der Waals surface area contributed by atoms with E-state index in [0.717, 1.165) is 26.4 Å². The van der Waals surface area contributed by atoms with Gasteiger partial charge in [-0.3, -0.25) is 0 Å². The molecule has 2 aliphatic rings. The maximum atomic E-state index is 13.7. The normalized spacial score (nSPS) is 24.4. The molecule has 4 nitrogen and oxygen atoms in total. The molecular weight excluding hydrogens is 276 g/mol. The van der Waals surface area contributed by atoms with Gasteiger partial charge >= 0.3 is 0 Å². The summed E-state index contributed by atoms with van der Waals surface area (Å²) >= 11 is 0. The molecule has 1 N–H and O–H groups in total. The largest absolute Gasteiger partial charge is 0.424 e. The van der Waals surface area contributed by atoms with Gasteiger partial charge in [0.05, 0.1) is 0 Å². The van der Waals surface area contributed by atoms with Crippen LogP contribution in [0.25, 0.3) is 0 Å². The molecular formula is C15H23F2N3O. The van der Waals surface area contributed by atoms with Crippen LogP contribution in [0.3, 0.4) is 0 Å². The topological polar surface area (TPSA) is 51.0 Å². The zero-order valence-electron chi connectivity index (χ0n) is 12.9. The Morgan fingerprint density at radius 3 is 2.48 bits per heavy atom. The number of nitrogens with zero attached hydrogens (tertiary/aromatic N) is 2. The van der Waals surface area contributed by atoms with Gasteiger partial charge in [-0.15, -0.1) is 10.2 Å². The van der Waals surface area contributed by atoms with Crippen molar-refractivity contribution in [3.63, 3.8) is 0 Å². The summed E-state index contributed by atoms with van der Waals surface area (Å²) in [4.78, 5) is 0. The van der Waals surface area contributed by atoms with E-state index in [9.17, 15) is 8.78 Å². The van der Waals surface area contributed by atoms with Gasteiger partial charge in [-0.2, -0.15) is 0 Å². The summed E-state index contributed by atoms with van der Waals surface area (Å²) in [6.07, 6.45) is 2.59. The molecule has 0 spiro atoms. The highest BCUT2D eigenvalue weighted by Crippen LogP contribution is 2.57. The summed E-state index contributed by atoms with van der Waals surface area (Å²) < 4.78 is 32.9. The minimum absolute atomic E-state index is 0.119. The van der Waals surface area contributed by atoms with E-state index in [1.165, 1.54) is 0 Å². The van der Waals surface area contributed by atoms with Gasteiger partial charge in [0.15, 0.2) is 0 Å². The zero-order valence-corrected chi connectivity index (χ0v) is 12.9. The van der Waals surface area contributed by atoms with Crippen LogP contribution in [0.4, 0.5) is 8.78 Å². The lowest BCUT2D eigenvalue weighted by molar-refractivity contribution is -0.0290. The SMILES string of the molecule is CC(Cc1nnc(C2(C(C)(F)F)CC2)o1)CC1(C)CNC1. The highest BCUT2D eigenvalue weighted by molar-refractivity contribution is 5.20. The van der Waals surface area contributed by atoms with Crippen molar-refractivity contribution in [2.45, 2.75) is 57.8 Å². The number of hydrogen-bond donors (Lipinski definition) is 1. The van der Waals surface area contributed by atoms with E-state index in [-0.39, 0.29) is 5.89 Å². The first-order valence-corrected chi connectivity index (χ1v) is 7.66. The predicted octanol–water partition coefficient (Wildman–Crippen LogP) is 2.93. The smallest absolute Gasteiger partial charge is 0.259 e. The van der Waals surface area contributed by atoms with E-state index in [2.05, 4.69) is 29.4 Å². The average Bonchev–Trinajstić information content (AvgIpc) is 3.03. The lowest BCUT2D eigenvalue weighted by Crippen LogP contribution is -2.52. The van der Waals surface area contributed by atoms with Crippen molar-refractivity contribution in [1.82, 2.24) is 15.5 Å². The van der Waals surface area contributed by atoms with E-state index in [0.29, 0.717) is 36.5 Å². The highest BCUT2D eigenvalue weighted by Gasteiger charge is 2.64. The average molecular weight is 299 g/mol. The van der Waals surface area contributed by atoms with Gasteiger partial charge in [0.1, 0.15) is 5.41 Å². The number of rotatable bonds is 6. The second-order valence-electron chi connectivity index (χ2n) is 7.40. The van der Waals surface area contributed by atoms with E-state index in [1.807, 2.05) is 0 Å². The van der Waals surface area contributed by atoms with E-state index < -0.39 is 11.3 Å². The summed E-state index contributed by atoms with van der Waals surface area (Å²) in [6.45, 7) is 7.43. The van der Waals surface area contributed by atoms with E-state index in [1.54, 1.807) is 0 Å². The Labute approximate surface area is 123 Å². The Kier molecular flexibility index (Phi) is 3.35. The fraction of sp³-hybridized carbons (Fsp3) is 0.867. The van der Waals surface area contributed by atoms with Crippen molar-refractivity contribution in [2.24, 2.45) is 11.3 Å². The molecule has 1 unspecified atom stereocenters. The summed E-state index contributed by atoms with van der Waals surface area (Å²) in [7, 11) is 0. The first-order valence-electron chi connectivity index (χ1n) is 7.66. The minimum atomic E-state index is -2.80. The molecule has 1 aromatic rings. The van der Waals surface area contributed by atoms with Crippen LogP contribution in [0.5, 0.6) is 0 Å². The molecule has 1 aliphatic heterocycles. The number of alkyl halides is 2. The fourth-order valence-electron chi connectivity index (χ4n) is 3.40. The maximum absolute atomic E-state index is 13.7. The number of nitrogens with one attached hydrogen (secondary N) is 1. The molecule has 0 bridgehead atoms. The van der Waals surface area contributed by atoms with Crippen LogP contribution in [0.2, 0.25) is 0 Å². The van der Waals surface area contributed by atoms with Gasteiger partial charge < -0.3 is 9.73 Å². The Balaban J connectivity index is 1.63. The monoisotopic (exact) mass is 299 g/mol. The lowest BCUT2D eigenvalue weighted by atomic mass is 9.76. The molecule has 21 heavy (non-hydrogen) atoms. The highest BCUT2D eigenvalue weighted by atomic mass is 19.3. The first-order chi connectivity index (χ1) is 9.74. The van der Waals surface area contributed by atoms with Gasteiger partial charge in [0.25, 0.3) is 5.92 Å². The summed E-state index contributed by atoms with van der Waals surface area (Å²) in [5.41, 5.74) is -0.859. The molecule has 3 rings (SSSR count). The summed E-state index contributed by atoms with van der Waals surface area (Å²) in [5, 5.41) is 11.2. The summed E-state index contributed by atoms with van der Waals surface area (Å²) in [6, 6.07) is 0. The molecule has 2 heterocycles. The molecule has 1 aliphatic carbocycles. The molecule has 6 heteroatoms. The standard InChI is InChI=1S/C15H23F2N3O/c1-10(7-13(2)8-18-9-13)6-11-19-20-12(21-11)15(4-5-15)14(3,16)17/h10,18H,4-9H2,1-3H3. The van der Waals surface area contributed by atoms with Gasteiger partial charge in [-0.25, -0.2) is 8.78 Å². The third-order valence-electron chi connectivity index (χ3n) is 4.93. The minimum Gasteiger partial charge on any atom is -0.424 e. The zero-order chi connectivity index (χ0) is 15.3. The Bertz CT molecular complexity index is 515. The number of aromatic nitrogens is 2. The van der Waals surface area contributed by atoms with Gasteiger partial charge in [0.2, 0.25) is 11.8 Å². The Morgan fingerprint density at radius 2 is 2.00 bits per heavy atom. The van der Waals surface area contributed by atoms with Crippen LogP contribution in [-0.4, -0.2) is 29.2 Å². The molecule has 0 radical (unpaired) electrons. The van der Waals surface area contributed by atoms with Crippen LogP contribution in [0.15, 0.2) is 4.42 Å². The van der Waals surface area contributed by atoms with E-state index in [4.69, 9.17) is 4.42 Å². The van der Waals surface area contributed by atoms with Crippen LogP contribution in [0.1, 0.15) is 51.8 Å². The van der Waals surface area contributed by atoms with Crippen LogP contribution >= 0.6 is 0 Å². The third-order valence-corrected chi connectivity index (χ3v) is 4.93. The number of hydrogen-bond acceptors (Lipinski definition) is 4. The van der Waals surface area contributed by atoms with Crippen LogP contribution < -0.4 is 5.32 Å². The van der Waals surface area contributed by atoms with Crippen molar-refractivity contribution in [3.8, 4) is 0 Å². The second kappa shape index (κ2) is 4.73.